The van der Waals surface area contributed by atoms with Gasteiger partial charge in [-0.2, -0.15) is 0 Å². The molecule has 0 aliphatic carbocycles. The Morgan fingerprint density at radius 3 is 2.63 bits per heavy atom. The molecule has 1 unspecified atom stereocenters. The lowest BCUT2D eigenvalue weighted by molar-refractivity contribution is -0.114. The molecular weight excluding hydrogens is 355 g/mol. The molecular formula is C13H13BrClFO2S. The first-order valence-electron chi connectivity index (χ1n) is 5.77. The first-order valence-corrected chi connectivity index (χ1v) is 7.76. The average molecular weight is 368 g/mol. The molecule has 1 aromatic carbocycles. The van der Waals surface area contributed by atoms with Crippen LogP contribution in [0.15, 0.2) is 21.5 Å². The largest absolute Gasteiger partial charge is 0.287 e. The summed E-state index contributed by atoms with van der Waals surface area (Å²) in [7, 11) is 0. The van der Waals surface area contributed by atoms with E-state index >= 15 is 0 Å². The van der Waals surface area contributed by atoms with Crippen molar-refractivity contribution in [3.05, 3.63) is 28.0 Å². The molecule has 1 aromatic rings. The van der Waals surface area contributed by atoms with E-state index in [1.54, 1.807) is 0 Å². The van der Waals surface area contributed by atoms with Crippen LogP contribution in [0, 0.1) is 11.7 Å². The lowest BCUT2D eigenvalue weighted by Gasteiger charge is -2.10. The molecule has 1 atom stereocenters. The van der Waals surface area contributed by atoms with Gasteiger partial charge in [-0.05, 0) is 46.1 Å². The molecule has 0 aromatic heterocycles. The van der Waals surface area contributed by atoms with E-state index in [-0.39, 0.29) is 16.6 Å². The van der Waals surface area contributed by atoms with Crippen LogP contribution in [-0.4, -0.2) is 10.4 Å². The Balaban J connectivity index is 2.98. The van der Waals surface area contributed by atoms with Crippen LogP contribution in [-0.2, 0) is 4.79 Å². The van der Waals surface area contributed by atoms with Crippen molar-refractivity contribution in [2.24, 2.45) is 5.92 Å². The summed E-state index contributed by atoms with van der Waals surface area (Å²) in [6.07, 6.45) is 1.72. The normalized spacial score (nSPS) is 12.3. The van der Waals surface area contributed by atoms with Crippen molar-refractivity contribution < 1.29 is 14.0 Å². The van der Waals surface area contributed by atoms with Gasteiger partial charge >= 0.3 is 0 Å². The zero-order valence-electron chi connectivity index (χ0n) is 10.5. The Labute approximate surface area is 129 Å². The fourth-order valence-corrected chi connectivity index (χ4v) is 3.09. The Hall–Kier alpha value is -0.390. The Bertz CT molecular complexity index is 508. The Morgan fingerprint density at radius 1 is 1.47 bits per heavy atom. The van der Waals surface area contributed by atoms with E-state index in [2.05, 4.69) is 15.9 Å². The topological polar surface area (TPSA) is 34.1 Å². The van der Waals surface area contributed by atoms with Crippen LogP contribution in [0.3, 0.4) is 0 Å². The Kier molecular flexibility index (Phi) is 6.50. The third-order valence-corrected chi connectivity index (χ3v) is 4.85. The predicted molar refractivity (Wildman–Crippen MR) is 79.2 cm³/mol. The van der Waals surface area contributed by atoms with Gasteiger partial charge in [-0.1, -0.05) is 32.0 Å². The van der Waals surface area contributed by atoms with E-state index in [0.29, 0.717) is 9.37 Å². The van der Waals surface area contributed by atoms with Gasteiger partial charge < -0.3 is 0 Å². The summed E-state index contributed by atoms with van der Waals surface area (Å²) in [6.45, 7) is 3.86. The van der Waals surface area contributed by atoms with Crippen LogP contribution in [0.25, 0.3) is 0 Å². The monoisotopic (exact) mass is 366 g/mol. The molecule has 0 N–H and O–H groups in total. The van der Waals surface area contributed by atoms with Gasteiger partial charge in [0.25, 0.3) is 5.24 Å². The minimum atomic E-state index is -0.874. The van der Waals surface area contributed by atoms with E-state index < -0.39 is 11.1 Å². The number of benzene rings is 1. The van der Waals surface area contributed by atoms with Crippen molar-refractivity contribution in [2.75, 3.05) is 0 Å². The third kappa shape index (κ3) is 4.58. The number of carbonyl (C=O) groups is 2. The first-order chi connectivity index (χ1) is 8.86. The van der Waals surface area contributed by atoms with Crippen molar-refractivity contribution in [1.82, 2.24) is 0 Å². The summed E-state index contributed by atoms with van der Waals surface area (Å²) in [5.74, 6) is -0.785. The van der Waals surface area contributed by atoms with Crippen LogP contribution in [0.2, 0.25) is 0 Å². The number of hydrogen-bond donors (Lipinski definition) is 0. The summed E-state index contributed by atoms with van der Waals surface area (Å²) in [4.78, 5) is 23.5. The van der Waals surface area contributed by atoms with Gasteiger partial charge in [-0.25, -0.2) is 4.39 Å². The second-order valence-corrected chi connectivity index (χ2v) is 6.39. The van der Waals surface area contributed by atoms with Crippen LogP contribution in [0.5, 0.6) is 0 Å². The quantitative estimate of drug-likeness (QED) is 0.541. The molecule has 0 heterocycles. The maximum absolute atomic E-state index is 13.5. The SMILES string of the molecule is CCCC(C)C(=O)Sc1cc(C(=O)Cl)c(F)cc1Br. The molecule has 0 fully saturated rings. The summed E-state index contributed by atoms with van der Waals surface area (Å²) in [6, 6.07) is 2.45. The maximum Gasteiger partial charge on any atom is 0.255 e. The number of thioether (sulfide) groups is 1. The van der Waals surface area contributed by atoms with Crippen molar-refractivity contribution >= 4 is 49.7 Å². The number of carbonyl (C=O) groups excluding carboxylic acids is 2. The van der Waals surface area contributed by atoms with Crippen LogP contribution < -0.4 is 0 Å². The molecule has 0 radical (unpaired) electrons. The minimum Gasteiger partial charge on any atom is -0.287 e. The van der Waals surface area contributed by atoms with Gasteiger partial charge in [-0.15, -0.1) is 0 Å². The minimum absolute atomic E-state index is 0.0119. The summed E-state index contributed by atoms with van der Waals surface area (Å²) >= 11 is 9.47. The van der Waals surface area contributed by atoms with Crippen molar-refractivity contribution in [2.45, 2.75) is 31.6 Å². The summed E-state index contributed by atoms with van der Waals surface area (Å²) in [5, 5.41) is -0.886. The van der Waals surface area contributed by atoms with Gasteiger partial charge in [0.05, 0.1) is 5.56 Å². The zero-order valence-corrected chi connectivity index (χ0v) is 13.7. The number of hydrogen-bond acceptors (Lipinski definition) is 3. The van der Waals surface area contributed by atoms with Crippen LogP contribution in [0.1, 0.15) is 37.0 Å². The highest BCUT2D eigenvalue weighted by Gasteiger charge is 2.18. The first kappa shape index (κ1) is 16.7. The molecule has 0 spiro atoms. The predicted octanol–water partition coefficient (Wildman–Crippen LogP) is 5.02. The third-order valence-electron chi connectivity index (χ3n) is 2.57. The second kappa shape index (κ2) is 7.41. The number of rotatable bonds is 5. The molecule has 19 heavy (non-hydrogen) atoms. The molecule has 2 nitrogen and oxygen atoms in total. The smallest absolute Gasteiger partial charge is 0.255 e. The summed E-state index contributed by atoms with van der Waals surface area (Å²) in [5.41, 5.74) is -0.219. The van der Waals surface area contributed by atoms with Crippen molar-refractivity contribution in [3.63, 3.8) is 0 Å². The fourth-order valence-electron chi connectivity index (χ4n) is 1.52. The highest BCUT2D eigenvalue weighted by Crippen LogP contribution is 2.33. The standard InChI is InChI=1S/C13H13BrClFO2S/c1-3-4-7(2)13(18)19-11-5-8(12(15)17)10(16)6-9(11)14/h5-7H,3-4H2,1-2H3. The molecule has 104 valence electrons. The molecule has 0 aliphatic heterocycles. The average Bonchev–Trinajstić information content (AvgIpc) is 2.32. The molecule has 0 saturated heterocycles. The molecule has 0 amide bonds. The number of halogens is 3. The Morgan fingerprint density at radius 2 is 2.11 bits per heavy atom. The summed E-state index contributed by atoms with van der Waals surface area (Å²) < 4.78 is 13.9. The van der Waals surface area contributed by atoms with E-state index in [9.17, 15) is 14.0 Å². The lowest BCUT2D eigenvalue weighted by Crippen LogP contribution is -2.06. The van der Waals surface area contributed by atoms with E-state index in [4.69, 9.17) is 11.6 Å². The highest BCUT2D eigenvalue weighted by atomic mass is 79.9. The van der Waals surface area contributed by atoms with Gasteiger partial charge in [0.2, 0.25) is 0 Å². The van der Waals surface area contributed by atoms with Gasteiger partial charge in [0.15, 0.2) is 5.12 Å². The van der Waals surface area contributed by atoms with Crippen LogP contribution >= 0.6 is 39.3 Å². The zero-order chi connectivity index (χ0) is 14.6. The van der Waals surface area contributed by atoms with E-state index in [1.807, 2.05) is 13.8 Å². The maximum atomic E-state index is 13.5. The molecule has 0 saturated carbocycles. The van der Waals surface area contributed by atoms with Crippen molar-refractivity contribution in [1.29, 1.82) is 0 Å². The second-order valence-electron chi connectivity index (χ2n) is 4.15. The highest BCUT2D eigenvalue weighted by molar-refractivity contribution is 9.10. The van der Waals surface area contributed by atoms with Gasteiger partial charge in [0, 0.05) is 15.3 Å². The van der Waals surface area contributed by atoms with Gasteiger partial charge in [0.1, 0.15) is 5.82 Å². The van der Waals surface area contributed by atoms with E-state index in [0.717, 1.165) is 30.7 Å². The molecule has 1 rings (SSSR count). The molecule has 6 heteroatoms. The van der Waals surface area contributed by atoms with E-state index in [1.165, 1.54) is 6.07 Å². The lowest BCUT2D eigenvalue weighted by atomic mass is 10.1. The molecule has 0 bridgehead atoms. The van der Waals surface area contributed by atoms with Gasteiger partial charge in [-0.3, -0.25) is 9.59 Å². The molecule has 0 aliphatic rings. The van der Waals surface area contributed by atoms with Crippen LogP contribution in [0.4, 0.5) is 4.39 Å². The fraction of sp³-hybridized carbons (Fsp3) is 0.385. The van der Waals surface area contributed by atoms with Crippen molar-refractivity contribution in [3.8, 4) is 0 Å².